The van der Waals surface area contributed by atoms with E-state index in [1.54, 1.807) is 24.0 Å². The van der Waals surface area contributed by atoms with Crippen LogP contribution >= 0.6 is 0 Å². The number of sulfonamides is 1. The van der Waals surface area contributed by atoms with E-state index in [1.165, 1.54) is 4.31 Å². The number of benzene rings is 1. The van der Waals surface area contributed by atoms with Gasteiger partial charge in [0.2, 0.25) is 10.0 Å². The van der Waals surface area contributed by atoms with Gasteiger partial charge in [-0.25, -0.2) is 8.42 Å². The van der Waals surface area contributed by atoms with Gasteiger partial charge in [-0.3, -0.25) is 9.69 Å². The Balaban J connectivity index is 1.96. The largest absolute Gasteiger partial charge is 0.480 e. The fourth-order valence-corrected chi connectivity index (χ4v) is 3.92. The van der Waals surface area contributed by atoms with Crippen LogP contribution < -0.4 is 0 Å². The minimum absolute atomic E-state index is 0.0116. The fourth-order valence-electron chi connectivity index (χ4n) is 2.40. The summed E-state index contributed by atoms with van der Waals surface area (Å²) in [6.45, 7) is 3.19. The van der Waals surface area contributed by atoms with Crippen molar-refractivity contribution >= 4 is 16.0 Å². The first-order valence-electron chi connectivity index (χ1n) is 6.89. The molecule has 1 aromatic rings. The van der Waals surface area contributed by atoms with E-state index in [0.717, 1.165) is 5.56 Å². The number of carboxylic acid groups (broad SMARTS) is 1. The summed E-state index contributed by atoms with van der Waals surface area (Å²) in [6, 6.07) is 8.49. The van der Waals surface area contributed by atoms with Gasteiger partial charge in [0.05, 0.1) is 5.75 Å². The molecule has 6 nitrogen and oxygen atoms in total. The second-order valence-electron chi connectivity index (χ2n) is 5.19. The van der Waals surface area contributed by atoms with Crippen molar-refractivity contribution in [3.63, 3.8) is 0 Å². The third-order valence-electron chi connectivity index (χ3n) is 3.76. The quantitative estimate of drug-likeness (QED) is 0.862. The van der Waals surface area contributed by atoms with Crippen LogP contribution in [0.4, 0.5) is 0 Å². The molecule has 1 aromatic carbocycles. The van der Waals surface area contributed by atoms with Crippen LogP contribution in [0.25, 0.3) is 0 Å². The summed E-state index contributed by atoms with van der Waals surface area (Å²) in [5.41, 5.74) is 0.763. The van der Waals surface area contributed by atoms with Gasteiger partial charge >= 0.3 is 5.97 Å². The summed E-state index contributed by atoms with van der Waals surface area (Å²) in [6.07, 6.45) is 0. The molecule has 0 spiro atoms. The molecule has 1 unspecified atom stereocenters. The molecule has 1 heterocycles. The minimum Gasteiger partial charge on any atom is -0.480 e. The summed E-state index contributed by atoms with van der Waals surface area (Å²) < 4.78 is 26.2. The van der Waals surface area contributed by atoms with Gasteiger partial charge < -0.3 is 5.11 Å². The van der Waals surface area contributed by atoms with Crippen molar-refractivity contribution in [3.05, 3.63) is 35.9 Å². The average Bonchev–Trinajstić information content (AvgIpc) is 2.47. The number of nitrogens with zero attached hydrogens (tertiary/aromatic N) is 2. The highest BCUT2D eigenvalue weighted by Crippen LogP contribution is 2.14. The van der Waals surface area contributed by atoms with Crippen LogP contribution in [0.3, 0.4) is 0 Å². The highest BCUT2D eigenvalue weighted by molar-refractivity contribution is 7.88. The van der Waals surface area contributed by atoms with Gasteiger partial charge in [0.1, 0.15) is 6.04 Å². The smallest absolute Gasteiger partial charge is 0.320 e. The Hall–Kier alpha value is -1.44. The zero-order valence-electron chi connectivity index (χ0n) is 12.0. The molecular formula is C14H20N2O4S. The normalized spacial score (nSPS) is 19.3. The van der Waals surface area contributed by atoms with Crippen molar-refractivity contribution in [1.82, 2.24) is 9.21 Å². The predicted octanol–water partition coefficient (Wildman–Crippen LogP) is 0.607. The Kier molecular flexibility index (Phi) is 4.97. The molecule has 116 valence electrons. The Bertz CT molecular complexity index is 580. The zero-order valence-corrected chi connectivity index (χ0v) is 12.8. The van der Waals surface area contributed by atoms with Crippen molar-refractivity contribution in [3.8, 4) is 0 Å². The molecule has 1 aliphatic heterocycles. The molecule has 2 rings (SSSR count). The lowest BCUT2D eigenvalue weighted by Gasteiger charge is -2.35. The Morgan fingerprint density at radius 2 is 1.76 bits per heavy atom. The van der Waals surface area contributed by atoms with E-state index in [9.17, 15) is 13.2 Å². The van der Waals surface area contributed by atoms with Gasteiger partial charge in [0.25, 0.3) is 0 Å². The third kappa shape index (κ3) is 4.03. The standard InChI is InChI=1S/C14H20N2O4S/c1-12(14(17)18)15-7-9-16(10-8-15)21(19,20)11-13-5-3-2-4-6-13/h2-6,12H,7-11H2,1H3,(H,17,18). The molecule has 1 fully saturated rings. The number of aliphatic carboxylic acids is 1. The lowest BCUT2D eigenvalue weighted by molar-refractivity contribution is -0.143. The van der Waals surface area contributed by atoms with Gasteiger partial charge in [0, 0.05) is 26.2 Å². The van der Waals surface area contributed by atoms with Gasteiger partial charge in [0.15, 0.2) is 0 Å². The molecule has 21 heavy (non-hydrogen) atoms. The summed E-state index contributed by atoms with van der Waals surface area (Å²) >= 11 is 0. The summed E-state index contributed by atoms with van der Waals surface area (Å²) in [5.74, 6) is -0.891. The van der Waals surface area contributed by atoms with Gasteiger partial charge in [-0.2, -0.15) is 4.31 Å². The van der Waals surface area contributed by atoms with Crippen LogP contribution in [0.5, 0.6) is 0 Å². The fraction of sp³-hybridized carbons (Fsp3) is 0.500. The van der Waals surface area contributed by atoms with Crippen molar-refractivity contribution < 1.29 is 18.3 Å². The van der Waals surface area contributed by atoms with Crippen LogP contribution in [0, 0.1) is 0 Å². The predicted molar refractivity (Wildman–Crippen MR) is 79.3 cm³/mol. The number of piperazine rings is 1. The highest BCUT2D eigenvalue weighted by atomic mass is 32.2. The van der Waals surface area contributed by atoms with Crippen LogP contribution in [0.1, 0.15) is 12.5 Å². The van der Waals surface area contributed by atoms with Crippen LogP contribution in [0.2, 0.25) is 0 Å². The van der Waals surface area contributed by atoms with Crippen molar-refractivity contribution in [2.75, 3.05) is 26.2 Å². The van der Waals surface area contributed by atoms with Crippen LogP contribution in [0.15, 0.2) is 30.3 Å². The maximum atomic E-state index is 12.4. The van der Waals surface area contributed by atoms with E-state index < -0.39 is 22.0 Å². The number of hydrogen-bond donors (Lipinski definition) is 1. The molecule has 7 heteroatoms. The van der Waals surface area contributed by atoms with E-state index in [4.69, 9.17) is 5.11 Å². The maximum Gasteiger partial charge on any atom is 0.320 e. The highest BCUT2D eigenvalue weighted by Gasteiger charge is 2.30. The second kappa shape index (κ2) is 6.55. The van der Waals surface area contributed by atoms with Crippen molar-refractivity contribution in [2.45, 2.75) is 18.7 Å². The Labute approximate surface area is 125 Å². The molecular weight excluding hydrogens is 292 g/mol. The first-order valence-corrected chi connectivity index (χ1v) is 8.49. The molecule has 1 N–H and O–H groups in total. The lowest BCUT2D eigenvalue weighted by atomic mass is 10.2. The molecule has 1 atom stereocenters. The first-order chi connectivity index (χ1) is 9.90. The van der Waals surface area contributed by atoms with Crippen LogP contribution in [-0.4, -0.2) is 60.9 Å². The number of hydrogen-bond acceptors (Lipinski definition) is 4. The van der Waals surface area contributed by atoms with Gasteiger partial charge in [-0.05, 0) is 12.5 Å². The summed E-state index contributed by atoms with van der Waals surface area (Å²) in [4.78, 5) is 12.7. The molecule has 0 radical (unpaired) electrons. The van der Waals surface area contributed by atoms with Crippen molar-refractivity contribution in [1.29, 1.82) is 0 Å². The van der Waals surface area contributed by atoms with E-state index >= 15 is 0 Å². The lowest BCUT2D eigenvalue weighted by Crippen LogP contribution is -2.53. The molecule has 1 aliphatic rings. The topological polar surface area (TPSA) is 77.9 Å². The zero-order chi connectivity index (χ0) is 15.5. The Morgan fingerprint density at radius 3 is 2.29 bits per heavy atom. The average molecular weight is 312 g/mol. The van der Waals surface area contributed by atoms with E-state index in [2.05, 4.69) is 0 Å². The molecule has 0 bridgehead atoms. The van der Waals surface area contributed by atoms with E-state index in [-0.39, 0.29) is 5.75 Å². The molecule has 0 aromatic heterocycles. The second-order valence-corrected chi connectivity index (χ2v) is 7.16. The molecule has 0 saturated carbocycles. The number of carboxylic acids is 1. The molecule has 0 amide bonds. The molecule has 0 aliphatic carbocycles. The third-order valence-corrected chi connectivity index (χ3v) is 5.61. The number of rotatable bonds is 5. The summed E-state index contributed by atoms with van der Waals surface area (Å²) in [7, 11) is -3.35. The Morgan fingerprint density at radius 1 is 1.19 bits per heavy atom. The molecule has 1 saturated heterocycles. The SMILES string of the molecule is CC(C(=O)O)N1CCN(S(=O)(=O)Cc2ccccc2)CC1. The minimum atomic E-state index is -3.35. The van der Waals surface area contributed by atoms with Crippen molar-refractivity contribution in [2.24, 2.45) is 0 Å². The monoisotopic (exact) mass is 312 g/mol. The number of carbonyl (C=O) groups is 1. The van der Waals surface area contributed by atoms with Gasteiger partial charge in [-0.15, -0.1) is 0 Å². The van der Waals surface area contributed by atoms with Gasteiger partial charge in [-0.1, -0.05) is 30.3 Å². The first kappa shape index (κ1) is 15.9. The maximum absolute atomic E-state index is 12.4. The van der Waals surface area contributed by atoms with Crippen LogP contribution in [-0.2, 0) is 20.6 Å². The van der Waals surface area contributed by atoms with E-state index in [1.807, 2.05) is 18.2 Å². The summed E-state index contributed by atoms with van der Waals surface area (Å²) in [5, 5.41) is 8.98. The van der Waals surface area contributed by atoms with E-state index in [0.29, 0.717) is 26.2 Å².